The van der Waals surface area contributed by atoms with E-state index in [0.717, 1.165) is 51.5 Å². The smallest absolute Gasteiger partial charge is 0.210 e. The van der Waals surface area contributed by atoms with Crippen LogP contribution < -0.4 is 21.7 Å². The molecule has 2 aliphatic rings. The Kier molecular flexibility index (Phi) is 5.44. The minimum absolute atomic E-state index is 0.325. The molecule has 6 nitrogen and oxygen atoms in total. The van der Waals surface area contributed by atoms with Crippen molar-refractivity contribution in [3.05, 3.63) is 47.5 Å². The third kappa shape index (κ3) is 4.31. The van der Waals surface area contributed by atoms with Gasteiger partial charge in [0.15, 0.2) is 0 Å². The number of nitrogens with zero attached hydrogens (tertiary/aromatic N) is 2. The van der Waals surface area contributed by atoms with E-state index in [1.165, 1.54) is 12.1 Å². The number of hydrogen-bond donors (Lipinski definition) is 4. The van der Waals surface area contributed by atoms with Gasteiger partial charge in [0.25, 0.3) is 0 Å². The lowest BCUT2D eigenvalue weighted by Crippen LogP contribution is -2.52. The Balaban J connectivity index is 1.48. The van der Waals surface area contributed by atoms with E-state index in [1.807, 2.05) is 6.08 Å². The number of benzene rings is 1. The third-order valence-corrected chi connectivity index (χ3v) is 4.29. The summed E-state index contributed by atoms with van der Waals surface area (Å²) in [5.41, 5.74) is 6.88. The molecule has 5 N–H and O–H groups in total. The quantitative estimate of drug-likeness (QED) is 0.564. The fourth-order valence-electron chi connectivity index (χ4n) is 2.94. The van der Waals surface area contributed by atoms with Crippen LogP contribution in [-0.2, 0) is 5.79 Å². The van der Waals surface area contributed by atoms with Gasteiger partial charge < -0.3 is 20.9 Å². The standard InChI is InChI=1S/C17H25FN6/c18-15-4-1-3-14(13-15)17(19)22-7-5-16(23-17)21-6-2-10-24-11-8-20-9-12-24/h1,3-5,7,13,20-21,23H,2,6,8-12,19H2. The molecule has 130 valence electrons. The molecule has 1 aromatic rings. The van der Waals surface area contributed by atoms with Gasteiger partial charge in [0.2, 0.25) is 5.79 Å². The minimum atomic E-state index is -1.14. The molecular weight excluding hydrogens is 307 g/mol. The number of nitrogens with one attached hydrogen (secondary N) is 3. The molecule has 1 fully saturated rings. The summed E-state index contributed by atoms with van der Waals surface area (Å²) in [5, 5.41) is 9.85. The maximum absolute atomic E-state index is 13.4. The zero-order valence-corrected chi connectivity index (χ0v) is 13.8. The van der Waals surface area contributed by atoms with Gasteiger partial charge in [0.05, 0.1) is 0 Å². The second kappa shape index (κ2) is 7.74. The van der Waals surface area contributed by atoms with Gasteiger partial charge in [-0.3, -0.25) is 5.73 Å². The first-order valence-corrected chi connectivity index (χ1v) is 8.41. The first kappa shape index (κ1) is 16.9. The Morgan fingerprint density at radius 2 is 2.17 bits per heavy atom. The Bertz CT molecular complexity index is 611. The molecular formula is C17H25FN6. The molecule has 7 heteroatoms. The molecule has 2 heterocycles. The van der Waals surface area contributed by atoms with Crippen molar-refractivity contribution in [3.63, 3.8) is 0 Å². The summed E-state index contributed by atoms with van der Waals surface area (Å²) in [7, 11) is 0. The topological polar surface area (TPSA) is 77.7 Å². The number of aliphatic imine (C=N–C) groups is 1. The molecule has 2 aliphatic heterocycles. The molecule has 3 rings (SSSR count). The summed E-state index contributed by atoms with van der Waals surface area (Å²) < 4.78 is 13.4. The van der Waals surface area contributed by atoms with Crippen molar-refractivity contribution in [2.24, 2.45) is 10.7 Å². The van der Waals surface area contributed by atoms with Gasteiger partial charge in [-0.2, -0.15) is 0 Å². The number of piperazine rings is 1. The van der Waals surface area contributed by atoms with Crippen LogP contribution in [-0.4, -0.2) is 50.4 Å². The molecule has 1 saturated heterocycles. The van der Waals surface area contributed by atoms with Crippen LogP contribution in [0, 0.1) is 5.82 Å². The van der Waals surface area contributed by atoms with Gasteiger partial charge in [-0.15, -0.1) is 0 Å². The molecule has 0 radical (unpaired) electrons. The van der Waals surface area contributed by atoms with Crippen molar-refractivity contribution in [1.82, 2.24) is 20.9 Å². The van der Waals surface area contributed by atoms with Gasteiger partial charge in [0, 0.05) is 44.5 Å². The van der Waals surface area contributed by atoms with Gasteiger partial charge in [-0.05, 0) is 31.2 Å². The SMILES string of the molecule is NC1(c2cccc(F)c2)N=CC=C(NCCCN2CCNCC2)N1. The average Bonchev–Trinajstić information content (AvgIpc) is 2.60. The molecule has 0 aromatic heterocycles. The van der Waals surface area contributed by atoms with Crippen LogP contribution in [0.3, 0.4) is 0 Å². The number of halogens is 1. The van der Waals surface area contributed by atoms with Crippen molar-refractivity contribution >= 4 is 6.21 Å². The average molecular weight is 332 g/mol. The highest BCUT2D eigenvalue weighted by Crippen LogP contribution is 2.20. The van der Waals surface area contributed by atoms with Crippen LogP contribution in [0.25, 0.3) is 0 Å². The highest BCUT2D eigenvalue weighted by atomic mass is 19.1. The van der Waals surface area contributed by atoms with Crippen molar-refractivity contribution < 1.29 is 4.39 Å². The predicted octanol–water partition coefficient (Wildman–Crippen LogP) is 0.295. The summed E-state index contributed by atoms with van der Waals surface area (Å²) >= 11 is 0. The van der Waals surface area contributed by atoms with E-state index in [1.54, 1.807) is 18.3 Å². The second-order valence-electron chi connectivity index (χ2n) is 6.13. The van der Waals surface area contributed by atoms with Crippen LogP contribution in [0.4, 0.5) is 4.39 Å². The molecule has 0 aliphatic carbocycles. The van der Waals surface area contributed by atoms with Gasteiger partial charge in [-0.25, -0.2) is 9.38 Å². The van der Waals surface area contributed by atoms with E-state index in [2.05, 4.69) is 25.8 Å². The summed E-state index contributed by atoms with van der Waals surface area (Å²) in [5.74, 6) is -0.663. The van der Waals surface area contributed by atoms with Gasteiger partial charge in [0.1, 0.15) is 11.6 Å². The summed E-state index contributed by atoms with van der Waals surface area (Å²) in [6.07, 6.45) is 4.54. The van der Waals surface area contributed by atoms with E-state index < -0.39 is 5.79 Å². The van der Waals surface area contributed by atoms with E-state index in [0.29, 0.717) is 5.56 Å². The normalized spacial score (nSPS) is 24.3. The lowest BCUT2D eigenvalue weighted by Gasteiger charge is -2.32. The molecule has 0 spiro atoms. The monoisotopic (exact) mass is 332 g/mol. The maximum atomic E-state index is 13.4. The molecule has 24 heavy (non-hydrogen) atoms. The van der Waals surface area contributed by atoms with Crippen molar-refractivity contribution in [2.45, 2.75) is 12.2 Å². The number of hydrogen-bond acceptors (Lipinski definition) is 6. The third-order valence-electron chi connectivity index (χ3n) is 4.29. The zero-order valence-electron chi connectivity index (χ0n) is 13.8. The highest BCUT2D eigenvalue weighted by molar-refractivity contribution is 5.73. The first-order chi connectivity index (χ1) is 11.7. The Morgan fingerprint density at radius 3 is 2.96 bits per heavy atom. The maximum Gasteiger partial charge on any atom is 0.210 e. The molecule has 1 atom stereocenters. The summed E-state index contributed by atoms with van der Waals surface area (Å²) in [6.45, 7) is 6.28. The Labute approximate surface area is 142 Å². The number of allylic oxidation sites excluding steroid dienone is 1. The van der Waals surface area contributed by atoms with E-state index in [9.17, 15) is 4.39 Å². The Morgan fingerprint density at radius 1 is 1.33 bits per heavy atom. The lowest BCUT2D eigenvalue weighted by molar-refractivity contribution is 0.238. The minimum Gasteiger partial charge on any atom is -0.372 e. The van der Waals surface area contributed by atoms with E-state index in [-0.39, 0.29) is 5.82 Å². The van der Waals surface area contributed by atoms with Crippen LogP contribution in [0.5, 0.6) is 0 Å². The highest BCUT2D eigenvalue weighted by Gasteiger charge is 2.28. The first-order valence-electron chi connectivity index (χ1n) is 8.41. The van der Waals surface area contributed by atoms with Crippen molar-refractivity contribution in [1.29, 1.82) is 0 Å². The summed E-state index contributed by atoms with van der Waals surface area (Å²) in [4.78, 5) is 6.73. The second-order valence-corrected chi connectivity index (χ2v) is 6.13. The largest absolute Gasteiger partial charge is 0.372 e. The molecule has 0 saturated carbocycles. The van der Waals surface area contributed by atoms with Crippen molar-refractivity contribution in [3.8, 4) is 0 Å². The van der Waals surface area contributed by atoms with Crippen LogP contribution in [0.15, 0.2) is 41.2 Å². The molecule has 0 amide bonds. The fourth-order valence-corrected chi connectivity index (χ4v) is 2.94. The van der Waals surface area contributed by atoms with Crippen LogP contribution >= 0.6 is 0 Å². The number of rotatable bonds is 6. The molecule has 1 aromatic carbocycles. The van der Waals surface area contributed by atoms with Gasteiger partial charge >= 0.3 is 0 Å². The van der Waals surface area contributed by atoms with Crippen LogP contribution in [0.2, 0.25) is 0 Å². The Hall–Kier alpha value is -1.96. The summed E-state index contributed by atoms with van der Waals surface area (Å²) in [6, 6.07) is 6.19. The van der Waals surface area contributed by atoms with Crippen LogP contribution in [0.1, 0.15) is 12.0 Å². The van der Waals surface area contributed by atoms with E-state index in [4.69, 9.17) is 5.73 Å². The molecule has 1 unspecified atom stereocenters. The lowest BCUT2D eigenvalue weighted by atomic mass is 10.1. The van der Waals surface area contributed by atoms with Gasteiger partial charge in [-0.1, -0.05) is 12.1 Å². The van der Waals surface area contributed by atoms with Crippen molar-refractivity contribution in [2.75, 3.05) is 39.3 Å². The zero-order chi connectivity index (χ0) is 16.8. The fraction of sp³-hybridized carbons (Fsp3) is 0.471. The van der Waals surface area contributed by atoms with E-state index >= 15 is 0 Å². The number of nitrogens with two attached hydrogens (primary N) is 1. The predicted molar refractivity (Wildman–Crippen MR) is 93.9 cm³/mol. The molecule has 0 bridgehead atoms.